The second-order valence-electron chi connectivity index (χ2n) is 5.74. The third kappa shape index (κ3) is 3.78. The van der Waals surface area contributed by atoms with Crippen molar-refractivity contribution in [3.63, 3.8) is 0 Å². The number of carbonyl (C=O) groups is 2. The summed E-state index contributed by atoms with van der Waals surface area (Å²) in [7, 11) is 0. The lowest BCUT2D eigenvalue weighted by Gasteiger charge is -2.21. The van der Waals surface area contributed by atoms with Gasteiger partial charge in [0.15, 0.2) is 5.69 Å². The Morgan fingerprint density at radius 3 is 2.75 bits per heavy atom. The molecule has 0 saturated carbocycles. The van der Waals surface area contributed by atoms with Crippen LogP contribution in [0, 0.1) is 6.92 Å². The van der Waals surface area contributed by atoms with Gasteiger partial charge >= 0.3 is 0 Å². The van der Waals surface area contributed by atoms with Crippen molar-refractivity contribution in [2.75, 3.05) is 26.2 Å². The number of H-pyrrole nitrogens is 1. The molecule has 2 aromatic heterocycles. The molecule has 0 aromatic carbocycles. The first-order valence-corrected chi connectivity index (χ1v) is 8.85. The Morgan fingerprint density at radius 2 is 2.04 bits per heavy atom. The molecule has 8 nitrogen and oxygen atoms in total. The molecule has 0 bridgehead atoms. The second-order valence-corrected chi connectivity index (χ2v) is 6.68. The van der Waals surface area contributed by atoms with Crippen LogP contribution in [0.5, 0.6) is 0 Å². The summed E-state index contributed by atoms with van der Waals surface area (Å²) < 4.78 is 0. The fourth-order valence-corrected chi connectivity index (χ4v) is 3.56. The van der Waals surface area contributed by atoms with Gasteiger partial charge in [0.2, 0.25) is 5.91 Å². The first kappa shape index (κ1) is 16.6. The number of hydrogen-bond donors (Lipinski definition) is 1. The number of aryl methyl sites for hydroxylation is 2. The van der Waals surface area contributed by atoms with Crippen LogP contribution < -0.4 is 0 Å². The van der Waals surface area contributed by atoms with Crippen LogP contribution in [0.1, 0.15) is 33.9 Å². The van der Waals surface area contributed by atoms with E-state index in [9.17, 15) is 9.59 Å². The van der Waals surface area contributed by atoms with E-state index in [0.29, 0.717) is 38.3 Å². The fourth-order valence-electron chi connectivity index (χ4n) is 2.78. The molecule has 2 amide bonds. The Kier molecular flexibility index (Phi) is 5.19. The summed E-state index contributed by atoms with van der Waals surface area (Å²) in [4.78, 5) is 33.7. The average molecular weight is 348 g/mol. The normalized spacial score (nSPS) is 15.4. The third-order valence-corrected chi connectivity index (χ3v) is 5.18. The topological polar surface area (TPSA) is 95.1 Å². The highest BCUT2D eigenvalue weighted by molar-refractivity contribution is 7.09. The largest absolute Gasteiger partial charge is 0.341 e. The Balaban J connectivity index is 1.52. The quantitative estimate of drug-likeness (QED) is 0.885. The average Bonchev–Trinajstić information content (AvgIpc) is 3.18. The van der Waals surface area contributed by atoms with E-state index in [2.05, 4.69) is 20.4 Å². The van der Waals surface area contributed by atoms with Gasteiger partial charge in [0.05, 0.1) is 17.4 Å². The molecule has 1 N–H and O–H groups in total. The minimum atomic E-state index is -0.140. The van der Waals surface area contributed by atoms with E-state index in [0.717, 1.165) is 18.5 Å². The summed E-state index contributed by atoms with van der Waals surface area (Å²) in [5.74, 6) is -0.00290. The lowest BCUT2D eigenvalue weighted by atomic mass is 10.2. The number of aromatic nitrogens is 4. The summed E-state index contributed by atoms with van der Waals surface area (Å²) in [6.45, 7) is 4.36. The smallest absolute Gasteiger partial charge is 0.276 e. The molecule has 0 unspecified atom stereocenters. The highest BCUT2D eigenvalue weighted by Crippen LogP contribution is 2.15. The van der Waals surface area contributed by atoms with Crippen LogP contribution >= 0.6 is 11.3 Å². The van der Waals surface area contributed by atoms with Gasteiger partial charge in [-0.3, -0.25) is 9.59 Å². The summed E-state index contributed by atoms with van der Waals surface area (Å²) in [5.41, 5.74) is 3.14. The molecule has 1 fully saturated rings. The summed E-state index contributed by atoms with van der Waals surface area (Å²) in [5, 5.41) is 9.95. The minimum absolute atomic E-state index is 0.138. The molecule has 9 heteroatoms. The molecule has 0 radical (unpaired) electrons. The maximum atomic E-state index is 12.4. The van der Waals surface area contributed by atoms with E-state index in [1.54, 1.807) is 16.2 Å². The van der Waals surface area contributed by atoms with E-state index in [1.165, 1.54) is 11.1 Å². The first-order valence-electron chi connectivity index (χ1n) is 7.97. The van der Waals surface area contributed by atoms with Crippen molar-refractivity contribution in [1.82, 2.24) is 30.2 Å². The van der Waals surface area contributed by atoms with Crippen LogP contribution in [-0.4, -0.2) is 68.2 Å². The van der Waals surface area contributed by atoms with Crippen molar-refractivity contribution < 1.29 is 9.59 Å². The van der Waals surface area contributed by atoms with Gasteiger partial charge in [0.1, 0.15) is 0 Å². The van der Waals surface area contributed by atoms with Crippen LogP contribution in [0.25, 0.3) is 0 Å². The van der Waals surface area contributed by atoms with E-state index >= 15 is 0 Å². The molecule has 1 aliphatic rings. The van der Waals surface area contributed by atoms with Crippen LogP contribution in [-0.2, 0) is 11.2 Å². The van der Waals surface area contributed by atoms with E-state index in [4.69, 9.17) is 0 Å². The van der Waals surface area contributed by atoms with Crippen molar-refractivity contribution >= 4 is 23.2 Å². The molecule has 0 aliphatic carbocycles. The first-order chi connectivity index (χ1) is 11.6. The SMILES string of the molecule is Cc1ncsc1CCC(=O)N1CCCN(C(=O)c2cn[nH]n2)CC1. The summed E-state index contributed by atoms with van der Waals surface area (Å²) in [6.07, 6.45) is 3.41. The van der Waals surface area contributed by atoms with Crippen LogP contribution in [0.3, 0.4) is 0 Å². The molecular weight excluding hydrogens is 328 g/mol. The van der Waals surface area contributed by atoms with Crippen molar-refractivity contribution in [2.45, 2.75) is 26.2 Å². The predicted molar refractivity (Wildman–Crippen MR) is 88.7 cm³/mol. The standard InChI is InChI=1S/C15H20N6O2S/c1-11-13(24-10-16-11)3-4-14(22)20-5-2-6-21(8-7-20)15(23)12-9-17-19-18-12/h9-10H,2-8H2,1H3,(H,17,18,19). The van der Waals surface area contributed by atoms with Gasteiger partial charge in [-0.25, -0.2) is 4.98 Å². The van der Waals surface area contributed by atoms with Gasteiger partial charge in [-0.05, 0) is 19.8 Å². The number of nitrogens with one attached hydrogen (secondary N) is 1. The second kappa shape index (κ2) is 7.52. The number of hydrogen-bond acceptors (Lipinski definition) is 6. The number of amides is 2. The van der Waals surface area contributed by atoms with Gasteiger partial charge in [-0.15, -0.1) is 11.3 Å². The summed E-state index contributed by atoms with van der Waals surface area (Å²) in [6, 6.07) is 0. The lowest BCUT2D eigenvalue weighted by Crippen LogP contribution is -2.37. The number of carbonyl (C=O) groups excluding carboxylic acids is 2. The number of rotatable bonds is 4. The van der Waals surface area contributed by atoms with Crippen molar-refractivity contribution in [2.24, 2.45) is 0 Å². The molecule has 128 valence electrons. The molecule has 2 aromatic rings. The Morgan fingerprint density at radius 1 is 1.25 bits per heavy atom. The number of nitrogens with zero attached hydrogens (tertiary/aromatic N) is 5. The molecule has 24 heavy (non-hydrogen) atoms. The third-order valence-electron chi connectivity index (χ3n) is 4.18. The van der Waals surface area contributed by atoms with Crippen molar-refractivity contribution in [3.8, 4) is 0 Å². The fraction of sp³-hybridized carbons (Fsp3) is 0.533. The zero-order chi connectivity index (χ0) is 16.9. The van der Waals surface area contributed by atoms with Gasteiger partial charge in [-0.2, -0.15) is 15.4 Å². The highest BCUT2D eigenvalue weighted by Gasteiger charge is 2.24. The maximum absolute atomic E-state index is 12.4. The Hall–Kier alpha value is -2.29. The molecule has 0 spiro atoms. The zero-order valence-corrected chi connectivity index (χ0v) is 14.4. The molecular formula is C15H20N6O2S. The van der Waals surface area contributed by atoms with Gasteiger partial charge in [0, 0.05) is 37.5 Å². The van der Waals surface area contributed by atoms with Gasteiger partial charge < -0.3 is 9.80 Å². The van der Waals surface area contributed by atoms with Crippen molar-refractivity contribution in [3.05, 3.63) is 28.0 Å². The van der Waals surface area contributed by atoms with Crippen LogP contribution in [0.4, 0.5) is 0 Å². The zero-order valence-electron chi connectivity index (χ0n) is 13.6. The predicted octanol–water partition coefficient (Wildman–Crippen LogP) is 0.877. The molecule has 3 rings (SSSR count). The lowest BCUT2D eigenvalue weighted by molar-refractivity contribution is -0.131. The Labute approximate surface area is 143 Å². The Bertz CT molecular complexity index is 699. The van der Waals surface area contributed by atoms with E-state index < -0.39 is 0 Å². The van der Waals surface area contributed by atoms with Crippen LogP contribution in [0.2, 0.25) is 0 Å². The van der Waals surface area contributed by atoms with Crippen molar-refractivity contribution in [1.29, 1.82) is 0 Å². The maximum Gasteiger partial charge on any atom is 0.276 e. The summed E-state index contributed by atoms with van der Waals surface area (Å²) >= 11 is 1.59. The monoisotopic (exact) mass is 348 g/mol. The van der Waals surface area contributed by atoms with Gasteiger partial charge in [-0.1, -0.05) is 0 Å². The molecule has 1 saturated heterocycles. The molecule has 1 aliphatic heterocycles. The van der Waals surface area contributed by atoms with E-state index in [1.807, 2.05) is 17.3 Å². The highest BCUT2D eigenvalue weighted by atomic mass is 32.1. The van der Waals surface area contributed by atoms with E-state index in [-0.39, 0.29) is 11.8 Å². The molecule has 3 heterocycles. The molecule has 0 atom stereocenters. The van der Waals surface area contributed by atoms with Gasteiger partial charge in [0.25, 0.3) is 5.91 Å². The number of thiazole rings is 1. The minimum Gasteiger partial charge on any atom is -0.341 e. The number of aromatic amines is 1. The van der Waals surface area contributed by atoms with Crippen LogP contribution in [0.15, 0.2) is 11.7 Å².